The van der Waals surface area contributed by atoms with Crippen LogP contribution in [0, 0.1) is 0 Å². The summed E-state index contributed by atoms with van der Waals surface area (Å²) in [6, 6.07) is 5.62. The molecular weight excluding hydrogens is 250 g/mol. The normalized spacial score (nSPS) is 17.3. The van der Waals surface area contributed by atoms with E-state index in [1.807, 2.05) is 12.1 Å². The van der Waals surface area contributed by atoms with Crippen LogP contribution in [0.15, 0.2) is 18.2 Å². The maximum Gasteiger partial charge on any atom is 0.159 e. The van der Waals surface area contributed by atoms with Gasteiger partial charge in [0.1, 0.15) is 0 Å². The summed E-state index contributed by atoms with van der Waals surface area (Å²) >= 11 is 0. The quantitative estimate of drug-likeness (QED) is 0.665. The molecule has 0 atom stereocenters. The molecule has 1 aromatic rings. The molecule has 1 saturated heterocycles. The molecule has 4 heteroatoms. The van der Waals surface area contributed by atoms with E-state index >= 15 is 0 Å². The van der Waals surface area contributed by atoms with E-state index in [0.717, 1.165) is 31.9 Å². The molecule has 1 aromatic carbocycles. The molecule has 1 heterocycles. The molecule has 0 spiro atoms. The summed E-state index contributed by atoms with van der Waals surface area (Å²) in [5, 5.41) is 0. The third kappa shape index (κ3) is 3.12. The molecule has 4 nitrogen and oxygen atoms in total. The fraction of sp³-hybridized carbons (Fsp3) is 0.562. The minimum atomic E-state index is 0.0563. The van der Waals surface area contributed by atoms with Gasteiger partial charge in [-0.15, -0.1) is 0 Å². The van der Waals surface area contributed by atoms with Crippen LogP contribution in [0.2, 0.25) is 0 Å². The SMILES string of the molecule is CC(=O)c1ccc(N2CCN(C(C)(C)C)CC2)c(N)c1. The van der Waals surface area contributed by atoms with Crippen molar-refractivity contribution in [2.45, 2.75) is 33.2 Å². The monoisotopic (exact) mass is 275 g/mol. The number of nitrogen functional groups attached to an aromatic ring is 1. The van der Waals surface area contributed by atoms with Crippen LogP contribution in [0.3, 0.4) is 0 Å². The summed E-state index contributed by atoms with van der Waals surface area (Å²) in [6.07, 6.45) is 0. The Hall–Kier alpha value is -1.55. The Bertz CT molecular complexity index is 497. The summed E-state index contributed by atoms with van der Waals surface area (Å²) < 4.78 is 0. The molecule has 0 bridgehead atoms. The Kier molecular flexibility index (Phi) is 4.04. The molecule has 1 aliphatic heterocycles. The van der Waals surface area contributed by atoms with Crippen LogP contribution in [0.5, 0.6) is 0 Å². The number of nitrogens with two attached hydrogens (primary N) is 1. The van der Waals surface area contributed by atoms with Gasteiger partial charge >= 0.3 is 0 Å². The molecule has 2 N–H and O–H groups in total. The third-order valence-corrected chi connectivity index (χ3v) is 4.00. The number of rotatable bonds is 2. The Labute approximate surface area is 121 Å². The topological polar surface area (TPSA) is 49.6 Å². The number of carbonyl (C=O) groups is 1. The molecule has 0 aliphatic carbocycles. The summed E-state index contributed by atoms with van der Waals surface area (Å²) in [6.45, 7) is 12.3. The highest BCUT2D eigenvalue weighted by Crippen LogP contribution is 2.27. The number of piperazine rings is 1. The lowest BCUT2D eigenvalue weighted by Gasteiger charge is -2.43. The van der Waals surface area contributed by atoms with Gasteiger partial charge in [0.05, 0.1) is 11.4 Å². The maximum atomic E-state index is 11.4. The fourth-order valence-electron chi connectivity index (χ4n) is 2.68. The van der Waals surface area contributed by atoms with Crippen molar-refractivity contribution in [1.82, 2.24) is 4.90 Å². The zero-order valence-electron chi connectivity index (χ0n) is 12.9. The average Bonchev–Trinajstić information content (AvgIpc) is 2.37. The molecule has 110 valence electrons. The van der Waals surface area contributed by atoms with Gasteiger partial charge < -0.3 is 10.6 Å². The number of nitrogens with zero attached hydrogens (tertiary/aromatic N) is 2. The maximum absolute atomic E-state index is 11.4. The molecule has 2 rings (SSSR count). The van der Waals surface area contributed by atoms with Gasteiger partial charge in [-0.2, -0.15) is 0 Å². The second kappa shape index (κ2) is 5.44. The van der Waals surface area contributed by atoms with Crippen LogP contribution >= 0.6 is 0 Å². The number of ketones is 1. The first kappa shape index (κ1) is 14.9. The van der Waals surface area contributed by atoms with E-state index in [0.29, 0.717) is 11.3 Å². The zero-order valence-corrected chi connectivity index (χ0v) is 12.9. The van der Waals surface area contributed by atoms with Gasteiger partial charge in [0.15, 0.2) is 5.78 Å². The molecule has 1 aliphatic rings. The number of carbonyl (C=O) groups excluding carboxylic acids is 1. The van der Waals surface area contributed by atoms with Crippen molar-refractivity contribution in [2.75, 3.05) is 36.8 Å². The molecule has 0 radical (unpaired) electrons. The first-order valence-corrected chi connectivity index (χ1v) is 7.19. The average molecular weight is 275 g/mol. The van der Waals surface area contributed by atoms with E-state index in [9.17, 15) is 4.79 Å². The standard InChI is InChI=1S/C16H25N3O/c1-12(20)13-5-6-15(14(17)11-13)18-7-9-19(10-8-18)16(2,3)4/h5-6,11H,7-10,17H2,1-4H3. The van der Waals surface area contributed by atoms with E-state index < -0.39 is 0 Å². The predicted octanol–water partition coefficient (Wildman–Crippen LogP) is 2.39. The van der Waals surface area contributed by atoms with Gasteiger partial charge in [-0.3, -0.25) is 9.69 Å². The van der Waals surface area contributed by atoms with Crippen LogP contribution in [-0.4, -0.2) is 42.4 Å². The Morgan fingerprint density at radius 3 is 2.20 bits per heavy atom. The van der Waals surface area contributed by atoms with Crippen molar-refractivity contribution in [3.8, 4) is 0 Å². The first-order valence-electron chi connectivity index (χ1n) is 7.19. The highest BCUT2D eigenvalue weighted by molar-refractivity contribution is 5.96. The van der Waals surface area contributed by atoms with E-state index in [1.165, 1.54) is 0 Å². The summed E-state index contributed by atoms with van der Waals surface area (Å²) in [7, 11) is 0. The van der Waals surface area contributed by atoms with Crippen molar-refractivity contribution in [3.63, 3.8) is 0 Å². The number of anilines is 2. The summed E-state index contributed by atoms with van der Waals surface area (Å²) in [4.78, 5) is 16.2. The van der Waals surface area contributed by atoms with Crippen molar-refractivity contribution in [2.24, 2.45) is 0 Å². The number of hydrogen-bond donors (Lipinski definition) is 1. The van der Waals surface area contributed by atoms with E-state index in [1.54, 1.807) is 13.0 Å². The van der Waals surface area contributed by atoms with Gasteiger partial charge in [-0.25, -0.2) is 0 Å². The predicted molar refractivity (Wildman–Crippen MR) is 84.4 cm³/mol. The lowest BCUT2D eigenvalue weighted by Crippen LogP contribution is -2.53. The van der Waals surface area contributed by atoms with Crippen LogP contribution in [0.1, 0.15) is 38.1 Å². The van der Waals surface area contributed by atoms with E-state index in [-0.39, 0.29) is 11.3 Å². The zero-order chi connectivity index (χ0) is 14.9. The number of benzene rings is 1. The van der Waals surface area contributed by atoms with Crippen LogP contribution < -0.4 is 10.6 Å². The molecular formula is C16H25N3O. The van der Waals surface area contributed by atoms with Gasteiger partial charge in [0, 0.05) is 37.3 Å². The third-order valence-electron chi connectivity index (χ3n) is 4.00. The molecule has 0 amide bonds. The Balaban J connectivity index is 2.09. The van der Waals surface area contributed by atoms with Gasteiger partial charge in [0.2, 0.25) is 0 Å². The van der Waals surface area contributed by atoms with Crippen molar-refractivity contribution < 1.29 is 4.79 Å². The second-order valence-electron chi connectivity index (χ2n) is 6.47. The highest BCUT2D eigenvalue weighted by Gasteiger charge is 2.26. The Morgan fingerprint density at radius 1 is 1.15 bits per heavy atom. The van der Waals surface area contributed by atoms with Crippen LogP contribution in [0.25, 0.3) is 0 Å². The van der Waals surface area contributed by atoms with E-state index in [4.69, 9.17) is 5.73 Å². The molecule has 0 saturated carbocycles. The molecule has 1 fully saturated rings. The minimum Gasteiger partial charge on any atom is -0.397 e. The number of hydrogen-bond acceptors (Lipinski definition) is 4. The van der Waals surface area contributed by atoms with Crippen LogP contribution in [-0.2, 0) is 0 Å². The van der Waals surface area contributed by atoms with Crippen molar-refractivity contribution >= 4 is 17.2 Å². The number of Topliss-reactive ketones (excluding diaryl/α,β-unsaturated/α-hetero) is 1. The lowest BCUT2D eigenvalue weighted by molar-refractivity contribution is 0.101. The smallest absolute Gasteiger partial charge is 0.159 e. The molecule has 20 heavy (non-hydrogen) atoms. The second-order valence-corrected chi connectivity index (χ2v) is 6.47. The van der Waals surface area contributed by atoms with Gasteiger partial charge in [-0.1, -0.05) is 0 Å². The molecule has 0 unspecified atom stereocenters. The summed E-state index contributed by atoms with van der Waals surface area (Å²) in [5.41, 5.74) is 8.74. The lowest BCUT2D eigenvalue weighted by atomic mass is 10.0. The summed E-state index contributed by atoms with van der Waals surface area (Å²) in [5.74, 6) is 0.0563. The molecule has 0 aromatic heterocycles. The van der Waals surface area contributed by atoms with Crippen molar-refractivity contribution in [3.05, 3.63) is 23.8 Å². The highest BCUT2D eigenvalue weighted by atomic mass is 16.1. The van der Waals surface area contributed by atoms with Gasteiger partial charge in [0.25, 0.3) is 0 Å². The fourth-order valence-corrected chi connectivity index (χ4v) is 2.68. The largest absolute Gasteiger partial charge is 0.397 e. The van der Waals surface area contributed by atoms with Crippen molar-refractivity contribution in [1.29, 1.82) is 0 Å². The van der Waals surface area contributed by atoms with Crippen LogP contribution in [0.4, 0.5) is 11.4 Å². The minimum absolute atomic E-state index is 0.0563. The van der Waals surface area contributed by atoms with E-state index in [2.05, 4.69) is 30.6 Å². The Morgan fingerprint density at radius 2 is 1.75 bits per heavy atom. The first-order chi connectivity index (χ1) is 9.29. The van der Waals surface area contributed by atoms with Gasteiger partial charge in [-0.05, 0) is 45.9 Å².